The number of phenolic OH excluding ortho intramolecular Hbond substituents is 1. The molecule has 1 aliphatic carbocycles. The number of benzene rings is 1. The molecule has 0 saturated carbocycles. The number of carbonyl (C=O) groups excluding carboxylic acids is 2. The summed E-state index contributed by atoms with van der Waals surface area (Å²) in [6, 6.07) is 4.80. The maximum atomic E-state index is 12.9. The molecule has 2 N–H and O–H groups in total. The fourth-order valence-electron chi connectivity index (χ4n) is 3.45. The van der Waals surface area contributed by atoms with Crippen LogP contribution in [0.15, 0.2) is 30.6 Å². The number of rotatable bonds is 1. The summed E-state index contributed by atoms with van der Waals surface area (Å²) in [5, 5.41) is 21.7. The Bertz CT molecular complexity index is 998. The number of aliphatic hydroxyl groups excluding tert-OH is 1. The van der Waals surface area contributed by atoms with Gasteiger partial charge in [-0.2, -0.15) is 0 Å². The molecule has 0 bridgehead atoms. The van der Waals surface area contributed by atoms with Crippen molar-refractivity contribution in [1.82, 2.24) is 4.98 Å². The lowest BCUT2D eigenvalue weighted by atomic mass is 9.76. The Morgan fingerprint density at radius 1 is 0.821 bits per heavy atom. The van der Waals surface area contributed by atoms with Crippen LogP contribution in [0, 0.1) is 0 Å². The second-order valence-corrected chi connectivity index (χ2v) is 9.22. The Labute approximate surface area is 164 Å². The van der Waals surface area contributed by atoms with E-state index in [2.05, 4.69) is 4.98 Å². The number of aliphatic hydroxyl groups is 1. The van der Waals surface area contributed by atoms with Gasteiger partial charge in [0.25, 0.3) is 0 Å². The lowest BCUT2D eigenvalue weighted by Crippen LogP contribution is -2.24. The smallest absolute Gasteiger partial charge is 0.237 e. The number of aromatic hydroxyl groups is 1. The van der Waals surface area contributed by atoms with Crippen molar-refractivity contribution in [2.75, 3.05) is 0 Å². The summed E-state index contributed by atoms with van der Waals surface area (Å²) in [6.45, 7) is 11.7. The summed E-state index contributed by atoms with van der Waals surface area (Å²) < 4.78 is 0. The highest BCUT2D eigenvalue weighted by molar-refractivity contribution is 6.62. The summed E-state index contributed by atoms with van der Waals surface area (Å²) in [5.41, 5.74) is 1.23. The number of hydrogen-bond acceptors (Lipinski definition) is 5. The molecule has 146 valence electrons. The van der Waals surface area contributed by atoms with Crippen molar-refractivity contribution in [3.05, 3.63) is 58.4 Å². The van der Waals surface area contributed by atoms with E-state index in [0.717, 1.165) is 0 Å². The molecular formula is C23H25NO4. The zero-order valence-corrected chi connectivity index (χ0v) is 17.0. The third-order valence-electron chi connectivity index (χ3n) is 5.01. The summed E-state index contributed by atoms with van der Waals surface area (Å²) in [4.78, 5) is 29.4. The molecule has 28 heavy (non-hydrogen) atoms. The third-order valence-corrected chi connectivity index (χ3v) is 5.01. The van der Waals surface area contributed by atoms with E-state index in [0.29, 0.717) is 16.7 Å². The van der Waals surface area contributed by atoms with Crippen molar-refractivity contribution in [2.45, 2.75) is 52.4 Å². The number of ketones is 2. The Morgan fingerprint density at radius 2 is 1.36 bits per heavy atom. The van der Waals surface area contributed by atoms with Gasteiger partial charge < -0.3 is 10.2 Å². The normalized spacial score (nSPS) is 15.1. The molecule has 0 radical (unpaired) electrons. The van der Waals surface area contributed by atoms with E-state index in [1.54, 1.807) is 12.1 Å². The van der Waals surface area contributed by atoms with Crippen molar-refractivity contribution in [2.24, 2.45) is 0 Å². The first-order valence-electron chi connectivity index (χ1n) is 9.19. The molecule has 0 saturated heterocycles. The largest absolute Gasteiger partial charge is 0.507 e. The summed E-state index contributed by atoms with van der Waals surface area (Å²) >= 11 is 0. The third kappa shape index (κ3) is 3.11. The summed E-state index contributed by atoms with van der Waals surface area (Å²) in [5.74, 6) is -1.53. The van der Waals surface area contributed by atoms with Crippen LogP contribution in [0.1, 0.15) is 74.2 Å². The first-order valence-corrected chi connectivity index (χ1v) is 9.19. The van der Waals surface area contributed by atoms with E-state index in [4.69, 9.17) is 0 Å². The highest BCUT2D eigenvalue weighted by atomic mass is 16.3. The number of phenols is 1. The molecule has 0 spiro atoms. The lowest BCUT2D eigenvalue weighted by Gasteiger charge is -2.29. The molecule has 0 amide bonds. The molecule has 1 aromatic carbocycles. The number of fused-ring (bicyclic) bond motifs is 1. The molecule has 1 heterocycles. The van der Waals surface area contributed by atoms with Crippen molar-refractivity contribution in [1.29, 1.82) is 0 Å². The van der Waals surface area contributed by atoms with Crippen LogP contribution in [0.3, 0.4) is 0 Å². The van der Waals surface area contributed by atoms with Crippen LogP contribution in [0.5, 0.6) is 5.75 Å². The molecular weight excluding hydrogens is 354 g/mol. The van der Waals surface area contributed by atoms with Gasteiger partial charge in [0, 0.05) is 34.6 Å². The van der Waals surface area contributed by atoms with Gasteiger partial charge in [0.05, 0.1) is 5.57 Å². The predicted octanol–water partition coefficient (Wildman–Crippen LogP) is 4.57. The van der Waals surface area contributed by atoms with Gasteiger partial charge in [-0.05, 0) is 34.6 Å². The minimum atomic E-state index is -0.762. The van der Waals surface area contributed by atoms with E-state index < -0.39 is 22.4 Å². The van der Waals surface area contributed by atoms with E-state index in [1.807, 2.05) is 41.5 Å². The zero-order chi connectivity index (χ0) is 21.0. The van der Waals surface area contributed by atoms with Gasteiger partial charge in [0.1, 0.15) is 11.5 Å². The van der Waals surface area contributed by atoms with E-state index >= 15 is 0 Å². The Hall–Kier alpha value is -2.95. The quantitative estimate of drug-likeness (QED) is 0.709. The van der Waals surface area contributed by atoms with Crippen molar-refractivity contribution in [3.63, 3.8) is 0 Å². The van der Waals surface area contributed by atoms with E-state index in [1.165, 1.54) is 18.5 Å². The van der Waals surface area contributed by atoms with Crippen LogP contribution in [0.2, 0.25) is 0 Å². The Balaban J connectivity index is 2.38. The monoisotopic (exact) mass is 379 g/mol. The van der Waals surface area contributed by atoms with Crippen LogP contribution >= 0.6 is 0 Å². The average molecular weight is 379 g/mol. The predicted molar refractivity (Wildman–Crippen MR) is 109 cm³/mol. The molecule has 3 rings (SSSR count). The highest BCUT2D eigenvalue weighted by Crippen LogP contribution is 2.43. The molecule has 5 heteroatoms. The SMILES string of the molecule is CC(C)(C)c1cc(C2=C(O)c3cnccc3C(=O)C2=O)cc(C(C)(C)C)c1O. The van der Waals surface area contributed by atoms with Gasteiger partial charge in [-0.1, -0.05) is 41.5 Å². The molecule has 2 aromatic rings. The van der Waals surface area contributed by atoms with Gasteiger partial charge in [0.15, 0.2) is 0 Å². The fourth-order valence-corrected chi connectivity index (χ4v) is 3.45. The maximum absolute atomic E-state index is 12.9. The van der Waals surface area contributed by atoms with Crippen LogP contribution in [-0.4, -0.2) is 26.8 Å². The molecule has 5 nitrogen and oxygen atoms in total. The summed E-state index contributed by atoms with van der Waals surface area (Å²) in [7, 11) is 0. The molecule has 0 unspecified atom stereocenters. The van der Waals surface area contributed by atoms with Crippen LogP contribution in [0.4, 0.5) is 0 Å². The number of nitrogens with zero attached hydrogens (tertiary/aromatic N) is 1. The van der Waals surface area contributed by atoms with Gasteiger partial charge >= 0.3 is 0 Å². The fraction of sp³-hybridized carbons (Fsp3) is 0.348. The number of Topliss-reactive ketones (excluding diaryl/α,β-unsaturated/α-hetero) is 2. The number of hydrogen-bond donors (Lipinski definition) is 2. The number of aromatic nitrogens is 1. The second-order valence-electron chi connectivity index (χ2n) is 9.22. The zero-order valence-electron chi connectivity index (χ0n) is 17.0. The van der Waals surface area contributed by atoms with Gasteiger partial charge in [-0.15, -0.1) is 0 Å². The molecule has 1 aromatic heterocycles. The topological polar surface area (TPSA) is 87.5 Å². The van der Waals surface area contributed by atoms with Crippen molar-refractivity contribution >= 4 is 22.9 Å². The molecule has 0 atom stereocenters. The van der Waals surface area contributed by atoms with Gasteiger partial charge in [-0.3, -0.25) is 14.6 Å². The minimum Gasteiger partial charge on any atom is -0.507 e. The highest BCUT2D eigenvalue weighted by Gasteiger charge is 2.36. The van der Waals surface area contributed by atoms with Gasteiger partial charge in [-0.25, -0.2) is 0 Å². The van der Waals surface area contributed by atoms with Crippen LogP contribution < -0.4 is 0 Å². The number of carbonyl (C=O) groups is 2. The average Bonchev–Trinajstić information content (AvgIpc) is 2.59. The van der Waals surface area contributed by atoms with Gasteiger partial charge in [0.2, 0.25) is 11.6 Å². The number of pyridine rings is 1. The molecule has 0 fully saturated rings. The Morgan fingerprint density at radius 3 is 1.86 bits per heavy atom. The molecule has 1 aliphatic rings. The molecule has 0 aliphatic heterocycles. The maximum Gasteiger partial charge on any atom is 0.237 e. The lowest BCUT2D eigenvalue weighted by molar-refractivity contribution is -0.110. The first-order chi connectivity index (χ1) is 12.8. The minimum absolute atomic E-state index is 0.0542. The standard InChI is InChI=1S/C23H25NO4/c1-22(2,3)15-9-12(10-16(20(15)27)23(4,5)6)17-18(25)14-11-24-8-7-13(14)19(26)21(17)28/h7-11,25,27H,1-6H3. The van der Waals surface area contributed by atoms with Crippen LogP contribution in [-0.2, 0) is 15.6 Å². The summed E-state index contributed by atoms with van der Waals surface area (Å²) in [6.07, 6.45) is 2.79. The van der Waals surface area contributed by atoms with Crippen molar-refractivity contribution in [3.8, 4) is 5.75 Å². The van der Waals surface area contributed by atoms with E-state index in [-0.39, 0.29) is 28.2 Å². The van der Waals surface area contributed by atoms with Crippen molar-refractivity contribution < 1.29 is 19.8 Å². The first kappa shape index (κ1) is 19.8. The van der Waals surface area contributed by atoms with Crippen LogP contribution in [0.25, 0.3) is 11.3 Å². The number of allylic oxidation sites excluding steroid dienone is 1. The Kier molecular flexibility index (Phi) is 4.45. The second kappa shape index (κ2) is 6.30. The van der Waals surface area contributed by atoms with E-state index in [9.17, 15) is 19.8 Å².